The van der Waals surface area contributed by atoms with E-state index in [1.54, 1.807) is 69.3 Å². The van der Waals surface area contributed by atoms with E-state index in [1.165, 1.54) is 0 Å². The molecule has 0 aliphatic rings. The Labute approximate surface area is 287 Å². The van der Waals surface area contributed by atoms with Crippen molar-refractivity contribution in [3.63, 3.8) is 0 Å². The number of aliphatic carboxylic acids is 2. The molecule has 270 valence electrons. The molecule has 50 heavy (non-hydrogen) atoms. The molecule has 0 spiro atoms. The van der Waals surface area contributed by atoms with E-state index in [4.69, 9.17) is 10.5 Å². The molecule has 2 aromatic rings. The minimum absolute atomic E-state index is 0.0649. The molecule has 5 amide bonds. The van der Waals surface area contributed by atoms with Gasteiger partial charge in [0, 0.05) is 17.8 Å². The lowest BCUT2D eigenvalue weighted by Crippen LogP contribution is -2.45. The largest absolute Gasteiger partial charge is 0.481 e. The van der Waals surface area contributed by atoms with Crippen molar-refractivity contribution in [1.29, 1.82) is 0 Å². The summed E-state index contributed by atoms with van der Waals surface area (Å²) in [6, 6.07) is 11.5. The van der Waals surface area contributed by atoms with Crippen molar-refractivity contribution >= 4 is 64.4 Å². The highest BCUT2D eigenvalue weighted by Crippen LogP contribution is 2.22. The summed E-state index contributed by atoms with van der Waals surface area (Å²) in [5, 5.41) is 39.3. The lowest BCUT2D eigenvalue weighted by atomic mass is 9.94. The normalized spacial score (nSPS) is 12.2. The average Bonchev–Trinajstić information content (AvgIpc) is 3.04. The van der Waals surface area contributed by atoms with Crippen molar-refractivity contribution in [2.24, 2.45) is 21.9 Å². The first-order valence-electron chi connectivity index (χ1n) is 15.4. The number of amides is 5. The second-order valence-electron chi connectivity index (χ2n) is 11.8. The second-order valence-corrected chi connectivity index (χ2v) is 11.8. The Bertz CT molecular complexity index is 1540. The molecule has 0 saturated carbocycles. The fraction of sp³-hybridized carbons (Fsp3) is 0.406. The Morgan fingerprint density at radius 3 is 1.72 bits per heavy atom. The molecule has 9 N–H and O–H groups in total. The van der Waals surface area contributed by atoms with Gasteiger partial charge in [-0.1, -0.05) is 0 Å². The molecule has 18 heteroatoms. The van der Waals surface area contributed by atoms with Crippen molar-refractivity contribution in [3.8, 4) is 0 Å². The molecule has 0 fully saturated rings. The van der Waals surface area contributed by atoms with E-state index in [-0.39, 0.29) is 38.3 Å². The number of rotatable bonds is 18. The molecule has 0 aromatic heterocycles. The number of carbonyl (C=O) groups excluding carboxylic acids is 5. The summed E-state index contributed by atoms with van der Waals surface area (Å²) in [6.07, 6.45) is -1.58. The van der Waals surface area contributed by atoms with Crippen LogP contribution in [0.15, 0.2) is 58.8 Å². The number of nitrogens with two attached hydrogens (primary N) is 1. The van der Waals surface area contributed by atoms with Gasteiger partial charge in [-0.3, -0.25) is 24.0 Å². The first-order valence-corrected chi connectivity index (χ1v) is 15.4. The maximum atomic E-state index is 12.3. The molecule has 18 nitrogen and oxygen atoms in total. The molecule has 2 atom stereocenters. The third-order valence-electron chi connectivity index (χ3n) is 6.48. The molecular formula is C32H42N8O10. The lowest BCUT2D eigenvalue weighted by Gasteiger charge is -2.23. The van der Waals surface area contributed by atoms with Gasteiger partial charge in [-0.05, 0) is 88.6 Å². The van der Waals surface area contributed by atoms with Gasteiger partial charge >= 0.3 is 18.0 Å². The first kappa shape index (κ1) is 40.3. The van der Waals surface area contributed by atoms with Gasteiger partial charge in [-0.2, -0.15) is 10.2 Å². The molecule has 2 aromatic carbocycles. The van der Waals surface area contributed by atoms with Gasteiger partial charge < -0.3 is 47.3 Å². The van der Waals surface area contributed by atoms with Crippen LogP contribution in [0.25, 0.3) is 0 Å². The SMILES string of the molecule is CC(C)(C)OC(=O)N[C@@H](CC(CCCC(=O)NCC(=O)NCC(=O)Nc1ccc(N=Nc2ccc(NC(=O)CN)cc2)cc1)C(=O)O)C(=O)O. The van der Waals surface area contributed by atoms with Gasteiger partial charge in [0.15, 0.2) is 0 Å². The standard InChI is InChI=1S/C32H42N8O10/c1-32(2,3)50-31(49)38-24(30(47)48)15-19(29(45)46)5-4-6-25(41)34-17-27(43)35-18-28(44)37-21-9-13-23(14-10-21)40-39-22-11-7-20(8-12-22)36-26(42)16-33/h7-14,19,24H,4-6,15-18,33H2,1-3H3,(H,34,41)(H,35,43)(H,36,42)(H,37,44)(H,38,49)(H,45,46)(H,47,48)/t19?,24-/m0/s1. The van der Waals surface area contributed by atoms with Crippen molar-refractivity contribution < 1.29 is 48.5 Å². The van der Waals surface area contributed by atoms with E-state index in [2.05, 4.69) is 36.8 Å². The summed E-state index contributed by atoms with van der Waals surface area (Å²) in [7, 11) is 0. The zero-order valence-corrected chi connectivity index (χ0v) is 27.9. The summed E-state index contributed by atoms with van der Waals surface area (Å²) in [5.74, 6) is -5.95. The maximum Gasteiger partial charge on any atom is 0.408 e. The number of carboxylic acid groups (broad SMARTS) is 2. The molecule has 2 rings (SSSR count). The van der Waals surface area contributed by atoms with Gasteiger partial charge in [0.25, 0.3) is 0 Å². The van der Waals surface area contributed by atoms with E-state index < -0.39 is 66.3 Å². The van der Waals surface area contributed by atoms with Crippen molar-refractivity contribution in [2.75, 3.05) is 30.3 Å². The number of hydrogen-bond donors (Lipinski definition) is 8. The fourth-order valence-corrected chi connectivity index (χ4v) is 4.07. The minimum Gasteiger partial charge on any atom is -0.481 e. The number of carbonyl (C=O) groups is 7. The van der Waals surface area contributed by atoms with Crippen molar-refractivity contribution in [1.82, 2.24) is 16.0 Å². The molecule has 0 aliphatic carbocycles. The quantitative estimate of drug-likeness (QED) is 0.105. The van der Waals surface area contributed by atoms with Gasteiger partial charge in [-0.15, -0.1) is 0 Å². The van der Waals surface area contributed by atoms with Crippen LogP contribution in [0.3, 0.4) is 0 Å². The molecular weight excluding hydrogens is 656 g/mol. The number of nitrogens with one attached hydrogen (secondary N) is 5. The van der Waals surface area contributed by atoms with Gasteiger partial charge in [0.1, 0.15) is 11.6 Å². The third-order valence-corrected chi connectivity index (χ3v) is 6.48. The van der Waals surface area contributed by atoms with Crippen LogP contribution >= 0.6 is 0 Å². The molecule has 0 radical (unpaired) electrons. The Morgan fingerprint density at radius 2 is 1.24 bits per heavy atom. The van der Waals surface area contributed by atoms with Crippen LogP contribution in [0.2, 0.25) is 0 Å². The van der Waals surface area contributed by atoms with Crippen LogP contribution in [0, 0.1) is 5.92 Å². The number of benzene rings is 2. The maximum absolute atomic E-state index is 12.3. The van der Waals surface area contributed by atoms with Crippen LogP contribution in [-0.4, -0.2) is 83.2 Å². The summed E-state index contributed by atoms with van der Waals surface area (Å²) < 4.78 is 5.03. The molecule has 1 unspecified atom stereocenters. The Morgan fingerprint density at radius 1 is 0.740 bits per heavy atom. The van der Waals surface area contributed by atoms with Crippen LogP contribution < -0.4 is 32.3 Å². The summed E-state index contributed by atoms with van der Waals surface area (Å²) in [4.78, 5) is 83.1. The van der Waals surface area contributed by atoms with Gasteiger partial charge in [0.2, 0.25) is 23.6 Å². The molecule has 0 saturated heterocycles. The van der Waals surface area contributed by atoms with E-state index in [1.807, 2.05) is 0 Å². The zero-order chi connectivity index (χ0) is 37.3. The summed E-state index contributed by atoms with van der Waals surface area (Å²) in [5.41, 5.74) is 6.45. The third kappa shape index (κ3) is 16.3. The first-order chi connectivity index (χ1) is 23.5. The lowest BCUT2D eigenvalue weighted by molar-refractivity contribution is -0.144. The smallest absolute Gasteiger partial charge is 0.408 e. The van der Waals surface area contributed by atoms with Crippen molar-refractivity contribution in [2.45, 2.75) is 58.1 Å². The predicted molar refractivity (Wildman–Crippen MR) is 180 cm³/mol. The van der Waals surface area contributed by atoms with E-state index in [0.29, 0.717) is 22.7 Å². The molecule has 0 aliphatic heterocycles. The van der Waals surface area contributed by atoms with Gasteiger partial charge in [-0.25, -0.2) is 9.59 Å². The Hall–Kier alpha value is -5.91. The average molecular weight is 699 g/mol. The number of alkyl carbamates (subject to hydrolysis) is 1. The molecule has 0 bridgehead atoms. The van der Waals surface area contributed by atoms with Crippen molar-refractivity contribution in [3.05, 3.63) is 48.5 Å². The number of azo groups is 1. The molecule has 0 heterocycles. The van der Waals surface area contributed by atoms with E-state index >= 15 is 0 Å². The highest BCUT2D eigenvalue weighted by Gasteiger charge is 2.30. The number of anilines is 2. The predicted octanol–water partition coefficient (Wildman–Crippen LogP) is 2.41. The van der Waals surface area contributed by atoms with E-state index in [9.17, 15) is 43.8 Å². The summed E-state index contributed by atoms with van der Waals surface area (Å²) in [6.45, 7) is 3.83. The van der Waals surface area contributed by atoms with Crippen LogP contribution in [0.4, 0.5) is 27.5 Å². The number of ether oxygens (including phenoxy) is 1. The topological polar surface area (TPSA) is 280 Å². The number of nitrogens with zero attached hydrogens (tertiary/aromatic N) is 2. The highest BCUT2D eigenvalue weighted by molar-refractivity contribution is 5.95. The van der Waals surface area contributed by atoms with Crippen LogP contribution in [0.1, 0.15) is 46.5 Å². The van der Waals surface area contributed by atoms with Gasteiger partial charge in [0.05, 0.1) is 36.9 Å². The Balaban J connectivity index is 1.71. The second kappa shape index (κ2) is 19.8. The van der Waals surface area contributed by atoms with E-state index in [0.717, 1.165) is 0 Å². The Kier molecular flexibility index (Phi) is 15.9. The monoisotopic (exact) mass is 698 g/mol. The van der Waals surface area contributed by atoms with Crippen LogP contribution in [-0.2, 0) is 33.5 Å². The number of carboxylic acids is 2. The fourth-order valence-electron chi connectivity index (χ4n) is 4.07. The zero-order valence-electron chi connectivity index (χ0n) is 27.9. The summed E-state index contributed by atoms with van der Waals surface area (Å²) >= 11 is 0. The van der Waals surface area contributed by atoms with Crippen LogP contribution in [0.5, 0.6) is 0 Å². The highest BCUT2D eigenvalue weighted by atomic mass is 16.6. The minimum atomic E-state index is -1.52. The number of hydrogen-bond acceptors (Lipinski definition) is 11.